The van der Waals surface area contributed by atoms with Crippen LogP contribution >= 0.6 is 0 Å². The average molecular weight is 294 g/mol. The Labute approximate surface area is 117 Å². The van der Waals surface area contributed by atoms with Crippen molar-refractivity contribution in [3.8, 4) is 17.2 Å². The van der Waals surface area contributed by atoms with Crippen LogP contribution in [-0.2, 0) is 17.5 Å². The van der Waals surface area contributed by atoms with Gasteiger partial charge in [-0.1, -0.05) is 12.1 Å². The van der Waals surface area contributed by atoms with E-state index < -0.39 is 17.7 Å². The number of aromatic nitrogens is 1. The van der Waals surface area contributed by atoms with Crippen molar-refractivity contribution in [3.63, 3.8) is 0 Å². The number of hydrogen-bond donors (Lipinski definition) is 1. The first-order valence-corrected chi connectivity index (χ1v) is 5.80. The topological polar surface area (TPSA) is 66.0 Å². The quantitative estimate of drug-likeness (QED) is 0.945. The van der Waals surface area contributed by atoms with E-state index in [2.05, 4.69) is 0 Å². The number of carbonyl (C=O) groups is 1. The first kappa shape index (κ1) is 14.7. The monoisotopic (exact) mass is 294 g/mol. The molecular weight excluding hydrogens is 285 g/mol. The second kappa shape index (κ2) is 5.32. The molecule has 0 saturated carbocycles. The minimum absolute atomic E-state index is 0.121. The Bertz CT molecular complexity index is 727. The van der Waals surface area contributed by atoms with Crippen molar-refractivity contribution in [2.75, 3.05) is 0 Å². The van der Waals surface area contributed by atoms with Crippen molar-refractivity contribution in [2.45, 2.75) is 12.7 Å². The molecular formula is C14H9F3N2O2. The number of aliphatic carboxylic acids is 1. The van der Waals surface area contributed by atoms with Crippen LogP contribution in [0.25, 0.3) is 11.1 Å². The van der Waals surface area contributed by atoms with Crippen molar-refractivity contribution in [1.29, 1.82) is 5.26 Å². The van der Waals surface area contributed by atoms with Crippen LogP contribution in [-0.4, -0.2) is 15.6 Å². The van der Waals surface area contributed by atoms with Gasteiger partial charge < -0.3 is 9.67 Å². The summed E-state index contributed by atoms with van der Waals surface area (Å²) in [7, 11) is 0. The minimum Gasteiger partial charge on any atom is -0.480 e. The van der Waals surface area contributed by atoms with Crippen molar-refractivity contribution in [1.82, 2.24) is 4.57 Å². The van der Waals surface area contributed by atoms with Gasteiger partial charge in [0.15, 0.2) is 0 Å². The van der Waals surface area contributed by atoms with Crippen LogP contribution in [0.1, 0.15) is 11.1 Å². The van der Waals surface area contributed by atoms with Gasteiger partial charge in [-0.25, -0.2) is 0 Å². The summed E-state index contributed by atoms with van der Waals surface area (Å²) in [6.45, 7) is -0.367. The molecule has 1 heterocycles. The summed E-state index contributed by atoms with van der Waals surface area (Å²) >= 11 is 0. The Hall–Kier alpha value is -2.75. The van der Waals surface area contributed by atoms with E-state index in [0.717, 1.165) is 12.1 Å². The molecule has 0 bridgehead atoms. The molecule has 0 amide bonds. The maximum atomic E-state index is 12.7. The molecule has 0 unspecified atom stereocenters. The largest absolute Gasteiger partial charge is 0.480 e. The number of halogens is 3. The standard InChI is InChI=1S/C14H9F3N2O2/c15-14(16,17)11-3-1-2-9(4-11)12-7-19(8-13(20)21)6-10(12)5-18/h1-4,6-7H,8H2,(H,20,21). The van der Waals surface area contributed by atoms with E-state index in [1.165, 1.54) is 29.1 Å². The maximum Gasteiger partial charge on any atom is 0.416 e. The Balaban J connectivity index is 2.49. The van der Waals surface area contributed by atoms with Crippen molar-refractivity contribution in [2.24, 2.45) is 0 Å². The molecule has 108 valence electrons. The van der Waals surface area contributed by atoms with Gasteiger partial charge in [0.1, 0.15) is 12.6 Å². The minimum atomic E-state index is -4.48. The van der Waals surface area contributed by atoms with E-state index in [1.807, 2.05) is 6.07 Å². The normalized spacial score (nSPS) is 11.1. The average Bonchev–Trinajstić information content (AvgIpc) is 2.80. The van der Waals surface area contributed by atoms with Gasteiger partial charge in [0.05, 0.1) is 11.1 Å². The molecule has 4 nitrogen and oxygen atoms in total. The molecule has 2 rings (SSSR count). The molecule has 0 saturated heterocycles. The van der Waals surface area contributed by atoms with Gasteiger partial charge in [0.2, 0.25) is 0 Å². The van der Waals surface area contributed by atoms with E-state index in [1.54, 1.807) is 0 Å². The van der Waals surface area contributed by atoms with Gasteiger partial charge in [-0.2, -0.15) is 18.4 Å². The SMILES string of the molecule is N#Cc1cn(CC(=O)O)cc1-c1cccc(C(F)(F)F)c1. The lowest BCUT2D eigenvalue weighted by Gasteiger charge is -2.08. The molecule has 0 aliphatic carbocycles. The zero-order valence-electron chi connectivity index (χ0n) is 10.6. The van der Waals surface area contributed by atoms with E-state index in [0.29, 0.717) is 0 Å². The molecule has 0 spiro atoms. The molecule has 0 fully saturated rings. The van der Waals surface area contributed by atoms with E-state index >= 15 is 0 Å². The van der Waals surface area contributed by atoms with Gasteiger partial charge in [-0.15, -0.1) is 0 Å². The predicted octanol–water partition coefficient (Wildman–Crippen LogP) is 3.13. The highest BCUT2D eigenvalue weighted by Gasteiger charge is 2.30. The second-order valence-corrected chi connectivity index (χ2v) is 4.34. The third kappa shape index (κ3) is 3.23. The van der Waals surface area contributed by atoms with Crippen LogP contribution in [0.5, 0.6) is 0 Å². The molecule has 7 heteroatoms. The molecule has 21 heavy (non-hydrogen) atoms. The van der Waals surface area contributed by atoms with Crippen LogP contribution in [0, 0.1) is 11.3 Å². The molecule has 1 aromatic heterocycles. The van der Waals surface area contributed by atoms with E-state index in [-0.39, 0.29) is 23.2 Å². The maximum absolute atomic E-state index is 12.7. The lowest BCUT2D eigenvalue weighted by Crippen LogP contribution is -2.06. The number of nitriles is 1. The van der Waals surface area contributed by atoms with Crippen molar-refractivity contribution in [3.05, 3.63) is 47.8 Å². The van der Waals surface area contributed by atoms with Gasteiger partial charge in [-0.3, -0.25) is 4.79 Å². The summed E-state index contributed by atoms with van der Waals surface area (Å²) in [6, 6.07) is 6.40. The summed E-state index contributed by atoms with van der Waals surface area (Å²) in [5.74, 6) is -1.11. The molecule has 1 aromatic carbocycles. The Morgan fingerprint density at radius 3 is 2.62 bits per heavy atom. The van der Waals surface area contributed by atoms with Crippen LogP contribution in [0.4, 0.5) is 13.2 Å². The van der Waals surface area contributed by atoms with Crippen LogP contribution in [0.2, 0.25) is 0 Å². The first-order valence-electron chi connectivity index (χ1n) is 5.80. The lowest BCUT2D eigenvalue weighted by molar-refractivity contribution is -0.138. The number of nitrogens with zero attached hydrogens (tertiary/aromatic N) is 2. The number of carboxylic acid groups (broad SMARTS) is 1. The number of carboxylic acids is 1. The number of hydrogen-bond acceptors (Lipinski definition) is 2. The first-order chi connectivity index (χ1) is 9.81. The Kier molecular flexibility index (Phi) is 3.72. The fourth-order valence-electron chi connectivity index (χ4n) is 1.94. The van der Waals surface area contributed by atoms with Gasteiger partial charge in [0, 0.05) is 18.0 Å². The molecule has 0 aliphatic rings. The Morgan fingerprint density at radius 1 is 1.33 bits per heavy atom. The van der Waals surface area contributed by atoms with Gasteiger partial charge in [-0.05, 0) is 17.7 Å². The Morgan fingerprint density at radius 2 is 2.05 bits per heavy atom. The fourth-order valence-corrected chi connectivity index (χ4v) is 1.94. The molecule has 1 N–H and O–H groups in total. The number of rotatable bonds is 3. The highest BCUT2D eigenvalue weighted by atomic mass is 19.4. The zero-order chi connectivity index (χ0) is 15.6. The predicted molar refractivity (Wildman–Crippen MR) is 67.2 cm³/mol. The number of alkyl halides is 3. The van der Waals surface area contributed by atoms with Crippen LogP contribution < -0.4 is 0 Å². The number of benzene rings is 1. The fraction of sp³-hybridized carbons (Fsp3) is 0.143. The third-order valence-corrected chi connectivity index (χ3v) is 2.82. The molecule has 0 aliphatic heterocycles. The third-order valence-electron chi connectivity index (χ3n) is 2.82. The summed E-state index contributed by atoms with van der Waals surface area (Å²) in [5, 5.41) is 17.7. The summed E-state index contributed by atoms with van der Waals surface area (Å²) in [6.07, 6.45) is -1.83. The van der Waals surface area contributed by atoms with Crippen LogP contribution in [0.15, 0.2) is 36.7 Å². The smallest absolute Gasteiger partial charge is 0.416 e. The highest BCUT2D eigenvalue weighted by Crippen LogP contribution is 2.33. The summed E-state index contributed by atoms with van der Waals surface area (Å²) < 4.78 is 39.3. The molecule has 0 radical (unpaired) electrons. The summed E-state index contributed by atoms with van der Waals surface area (Å²) in [4.78, 5) is 10.6. The molecule has 0 atom stereocenters. The second-order valence-electron chi connectivity index (χ2n) is 4.34. The van der Waals surface area contributed by atoms with Gasteiger partial charge in [0.25, 0.3) is 0 Å². The van der Waals surface area contributed by atoms with Crippen molar-refractivity contribution >= 4 is 5.97 Å². The zero-order valence-corrected chi connectivity index (χ0v) is 10.6. The van der Waals surface area contributed by atoms with Crippen molar-refractivity contribution < 1.29 is 23.1 Å². The van der Waals surface area contributed by atoms with Crippen LogP contribution in [0.3, 0.4) is 0 Å². The lowest BCUT2D eigenvalue weighted by atomic mass is 10.0. The van der Waals surface area contributed by atoms with E-state index in [9.17, 15) is 18.0 Å². The highest BCUT2D eigenvalue weighted by molar-refractivity contribution is 5.72. The van der Waals surface area contributed by atoms with Gasteiger partial charge >= 0.3 is 12.1 Å². The molecule has 2 aromatic rings. The summed E-state index contributed by atoms with van der Waals surface area (Å²) in [5.41, 5.74) is -0.221. The van der Waals surface area contributed by atoms with E-state index in [4.69, 9.17) is 10.4 Å².